The molecule has 0 unspecified atom stereocenters. The molecule has 5 heterocycles. The number of carbonyl (C=O) groups is 2. The summed E-state index contributed by atoms with van der Waals surface area (Å²) in [7, 11) is 0. The third kappa shape index (κ3) is 8.50. The van der Waals surface area contributed by atoms with Crippen LogP contribution in [-0.4, -0.2) is 95.9 Å². The summed E-state index contributed by atoms with van der Waals surface area (Å²) in [4.78, 5) is 35.1. The van der Waals surface area contributed by atoms with Gasteiger partial charge in [0, 0.05) is 33.3 Å². The molecule has 9 rings (SSSR count). The van der Waals surface area contributed by atoms with E-state index < -0.39 is 0 Å². The summed E-state index contributed by atoms with van der Waals surface area (Å²) in [5.41, 5.74) is 7.89. The van der Waals surface area contributed by atoms with Gasteiger partial charge in [0.1, 0.15) is 11.4 Å². The van der Waals surface area contributed by atoms with Crippen LogP contribution in [-0.2, 0) is 9.59 Å². The van der Waals surface area contributed by atoms with Crippen molar-refractivity contribution in [3.8, 4) is 33.9 Å². The summed E-state index contributed by atoms with van der Waals surface area (Å²) in [5, 5.41) is 25.9. The van der Waals surface area contributed by atoms with Crippen molar-refractivity contribution in [2.45, 2.75) is 39.5 Å². The number of likely N-dealkylation sites (tertiary alicyclic amines) is 2. The molecule has 3 aromatic heterocycles. The van der Waals surface area contributed by atoms with Gasteiger partial charge in [-0.25, -0.2) is 14.3 Å². The van der Waals surface area contributed by atoms with Crippen molar-refractivity contribution >= 4 is 45.0 Å². The number of amides is 2. The first-order valence-electron chi connectivity index (χ1n) is 20.2. The SMILES string of the molecule is CC1CCN(CC(=O)Nc2cccc(-c3cn(-c4ccc5cc6ccc(-n7cc(-c8cccc(NC(=O)CN9CCC(C)CC9)c8)nn7)cc6nc5c4)nn3)c2)CC1. The minimum Gasteiger partial charge on any atom is -0.325 e. The van der Waals surface area contributed by atoms with Crippen molar-refractivity contribution in [2.75, 3.05) is 49.9 Å². The number of fused-ring (bicyclic) bond motifs is 2. The lowest BCUT2D eigenvalue weighted by atomic mass is 9.99. The fourth-order valence-electron chi connectivity index (χ4n) is 7.89. The van der Waals surface area contributed by atoms with E-state index in [-0.39, 0.29) is 11.8 Å². The Morgan fingerprint density at radius 2 is 1.03 bits per heavy atom. The van der Waals surface area contributed by atoms with Crippen molar-refractivity contribution in [2.24, 2.45) is 11.8 Å². The predicted octanol–water partition coefficient (Wildman–Crippen LogP) is 7.22. The number of benzene rings is 4. The molecule has 0 spiro atoms. The standard InChI is InChI=1S/C45H47N11O2/c1-30-13-17-53(18-14-30)28-44(57)46-36-7-3-5-32(22-36)42-26-55(51-49-42)38-11-9-34-21-35-10-12-39(25-41(35)48-40(34)24-38)56-27-43(50-52-56)33-6-4-8-37(23-33)47-45(58)29-54-19-15-31(2)16-20-54/h3-12,21-27,30-31H,13-20,28-29H2,1-2H3,(H,46,57)(H,47,58). The van der Waals surface area contributed by atoms with Crippen LogP contribution in [0.3, 0.4) is 0 Å². The number of carbonyl (C=O) groups excluding carboxylic acids is 2. The van der Waals surface area contributed by atoms with E-state index in [9.17, 15) is 9.59 Å². The van der Waals surface area contributed by atoms with Crippen molar-refractivity contribution in [3.05, 3.63) is 103 Å². The summed E-state index contributed by atoms with van der Waals surface area (Å²) in [6.45, 7) is 9.19. The lowest BCUT2D eigenvalue weighted by molar-refractivity contribution is -0.118. The van der Waals surface area contributed by atoms with Crippen LogP contribution in [0.4, 0.5) is 11.4 Å². The van der Waals surface area contributed by atoms with Gasteiger partial charge in [0.05, 0.1) is 47.9 Å². The van der Waals surface area contributed by atoms with Crippen LogP contribution < -0.4 is 10.6 Å². The zero-order valence-corrected chi connectivity index (χ0v) is 32.9. The summed E-state index contributed by atoms with van der Waals surface area (Å²) >= 11 is 0. The quantitative estimate of drug-likeness (QED) is 0.138. The van der Waals surface area contributed by atoms with Crippen molar-refractivity contribution in [3.63, 3.8) is 0 Å². The Labute approximate surface area is 337 Å². The van der Waals surface area contributed by atoms with E-state index >= 15 is 0 Å². The van der Waals surface area contributed by atoms with Gasteiger partial charge < -0.3 is 10.6 Å². The van der Waals surface area contributed by atoms with Gasteiger partial charge in [-0.05, 0) is 118 Å². The van der Waals surface area contributed by atoms with Crippen molar-refractivity contribution in [1.82, 2.24) is 44.8 Å². The molecule has 58 heavy (non-hydrogen) atoms. The van der Waals surface area contributed by atoms with E-state index in [4.69, 9.17) is 4.98 Å². The summed E-state index contributed by atoms with van der Waals surface area (Å²) in [6.07, 6.45) is 8.31. The number of rotatable bonds is 10. The van der Waals surface area contributed by atoms with E-state index in [1.807, 2.05) is 97.3 Å². The molecule has 2 fully saturated rings. The molecule has 2 amide bonds. The molecule has 2 N–H and O–H groups in total. The fourth-order valence-corrected chi connectivity index (χ4v) is 7.89. The lowest BCUT2D eigenvalue weighted by Gasteiger charge is -2.29. The third-order valence-electron chi connectivity index (χ3n) is 11.5. The lowest BCUT2D eigenvalue weighted by Crippen LogP contribution is -2.38. The average molecular weight is 774 g/mol. The maximum Gasteiger partial charge on any atom is 0.238 e. The van der Waals surface area contributed by atoms with E-state index in [1.165, 1.54) is 0 Å². The summed E-state index contributed by atoms with van der Waals surface area (Å²) < 4.78 is 3.48. The van der Waals surface area contributed by atoms with E-state index in [1.54, 1.807) is 9.36 Å². The number of hydrogen-bond donors (Lipinski definition) is 2. The average Bonchev–Trinajstić information content (AvgIpc) is 3.94. The summed E-state index contributed by atoms with van der Waals surface area (Å²) in [5.74, 6) is 1.43. The molecule has 0 atom stereocenters. The molecule has 13 nitrogen and oxygen atoms in total. The van der Waals surface area contributed by atoms with Gasteiger partial charge in [-0.1, -0.05) is 60.7 Å². The number of nitrogens with one attached hydrogen (secondary N) is 2. The molecule has 0 saturated carbocycles. The zero-order chi connectivity index (χ0) is 39.6. The Bertz CT molecular complexity index is 2420. The number of anilines is 2. The first kappa shape index (κ1) is 37.3. The number of hydrogen-bond acceptors (Lipinski definition) is 9. The molecule has 4 aromatic carbocycles. The van der Waals surface area contributed by atoms with E-state index in [2.05, 4.69) is 61.0 Å². The van der Waals surface area contributed by atoms with Crippen molar-refractivity contribution in [1.29, 1.82) is 0 Å². The summed E-state index contributed by atoms with van der Waals surface area (Å²) in [6, 6.07) is 29.7. The fraction of sp³-hybridized carbons (Fsp3) is 0.311. The molecule has 13 heteroatoms. The Morgan fingerprint density at radius 3 is 1.48 bits per heavy atom. The molecule has 2 aliphatic rings. The van der Waals surface area contributed by atoms with Gasteiger partial charge in [-0.3, -0.25) is 19.4 Å². The third-order valence-corrected chi connectivity index (χ3v) is 11.5. The molecule has 0 aliphatic carbocycles. The highest BCUT2D eigenvalue weighted by molar-refractivity contribution is 5.95. The Hall–Kier alpha value is -6.31. The second kappa shape index (κ2) is 16.3. The van der Waals surface area contributed by atoms with Gasteiger partial charge in [-0.2, -0.15) is 0 Å². The van der Waals surface area contributed by atoms with E-state index in [0.717, 1.165) is 119 Å². The molecule has 2 saturated heterocycles. The first-order chi connectivity index (χ1) is 28.3. The van der Waals surface area contributed by atoms with Crippen LogP contribution in [0.1, 0.15) is 39.5 Å². The molecule has 0 bridgehead atoms. The zero-order valence-electron chi connectivity index (χ0n) is 32.9. The van der Waals surface area contributed by atoms with E-state index in [0.29, 0.717) is 24.5 Å². The second-order valence-electron chi connectivity index (χ2n) is 16.0. The normalized spacial score (nSPS) is 15.9. The van der Waals surface area contributed by atoms with Crippen LogP contribution in [0, 0.1) is 11.8 Å². The number of aromatic nitrogens is 7. The van der Waals surface area contributed by atoms with Crippen molar-refractivity contribution < 1.29 is 9.59 Å². The van der Waals surface area contributed by atoms with Gasteiger partial charge in [0.2, 0.25) is 11.8 Å². The van der Waals surface area contributed by atoms with Crippen LogP contribution in [0.2, 0.25) is 0 Å². The Balaban J connectivity index is 0.883. The van der Waals surface area contributed by atoms with Crippen LogP contribution in [0.5, 0.6) is 0 Å². The Morgan fingerprint density at radius 1 is 0.586 bits per heavy atom. The number of pyridine rings is 1. The van der Waals surface area contributed by atoms with Gasteiger partial charge >= 0.3 is 0 Å². The van der Waals surface area contributed by atoms with Gasteiger partial charge in [-0.15, -0.1) is 10.2 Å². The van der Waals surface area contributed by atoms with Crippen LogP contribution >= 0.6 is 0 Å². The minimum absolute atomic E-state index is 0.00774. The molecular formula is C45H47N11O2. The second-order valence-corrected chi connectivity index (χ2v) is 16.0. The predicted molar refractivity (Wildman–Crippen MR) is 227 cm³/mol. The molecule has 2 aliphatic heterocycles. The van der Waals surface area contributed by atoms with Crippen LogP contribution in [0.25, 0.3) is 55.7 Å². The highest BCUT2D eigenvalue weighted by Crippen LogP contribution is 2.27. The van der Waals surface area contributed by atoms with Gasteiger partial charge in [0.15, 0.2) is 0 Å². The highest BCUT2D eigenvalue weighted by atomic mass is 16.2. The highest BCUT2D eigenvalue weighted by Gasteiger charge is 2.20. The first-order valence-corrected chi connectivity index (χ1v) is 20.2. The number of nitrogens with zero attached hydrogens (tertiary/aromatic N) is 9. The minimum atomic E-state index is -0.00774. The molecule has 294 valence electrons. The largest absolute Gasteiger partial charge is 0.325 e. The molecule has 0 radical (unpaired) electrons. The van der Waals surface area contributed by atoms with Crippen LogP contribution in [0.15, 0.2) is 103 Å². The maximum absolute atomic E-state index is 12.8. The van der Waals surface area contributed by atoms with Gasteiger partial charge in [0.25, 0.3) is 0 Å². The molecule has 7 aromatic rings. The monoisotopic (exact) mass is 773 g/mol. The smallest absolute Gasteiger partial charge is 0.238 e. The molecular weight excluding hydrogens is 727 g/mol. The Kier molecular flexibility index (Phi) is 10.5. The topological polar surface area (TPSA) is 139 Å². The number of piperidine rings is 2. The maximum atomic E-state index is 12.8.